The molecule has 2 aromatic rings. The third-order valence-electron chi connectivity index (χ3n) is 5.66. The Morgan fingerprint density at radius 2 is 2.00 bits per heavy atom. The molecule has 30 heavy (non-hydrogen) atoms. The van der Waals surface area contributed by atoms with Gasteiger partial charge in [-0.3, -0.25) is 4.79 Å². The molecular weight excluding hydrogens is 398 g/mol. The first-order valence-corrected chi connectivity index (χ1v) is 9.65. The van der Waals surface area contributed by atoms with Crippen molar-refractivity contribution in [1.82, 2.24) is 0 Å². The average Bonchev–Trinajstić information content (AvgIpc) is 2.70. The molecule has 2 aromatic carbocycles. The van der Waals surface area contributed by atoms with Gasteiger partial charge in [-0.15, -0.1) is 0 Å². The van der Waals surface area contributed by atoms with Gasteiger partial charge < -0.3 is 30.3 Å². The Morgan fingerprint density at radius 1 is 1.20 bits per heavy atom. The van der Waals surface area contributed by atoms with Crippen molar-refractivity contribution in [3.63, 3.8) is 0 Å². The number of aromatic hydroxyl groups is 1. The zero-order valence-electron chi connectivity index (χ0n) is 16.1. The van der Waals surface area contributed by atoms with Crippen LogP contribution in [0.25, 0.3) is 0 Å². The molecule has 2 aliphatic rings. The van der Waals surface area contributed by atoms with Crippen LogP contribution in [-0.2, 0) is 11.2 Å². The average molecular weight is 420 g/mol. The molecule has 0 bridgehead atoms. The van der Waals surface area contributed by atoms with Crippen LogP contribution in [0, 0.1) is 11.6 Å². The van der Waals surface area contributed by atoms with Crippen LogP contribution in [0.15, 0.2) is 30.3 Å². The van der Waals surface area contributed by atoms with Crippen molar-refractivity contribution >= 4 is 17.3 Å². The molecule has 0 saturated carbocycles. The minimum Gasteiger partial charge on any atom is -0.508 e. The van der Waals surface area contributed by atoms with E-state index in [9.17, 15) is 28.9 Å². The van der Waals surface area contributed by atoms with Gasteiger partial charge in [-0.2, -0.15) is 0 Å². The number of nitrogens with one attached hydrogen (secondary N) is 1. The van der Waals surface area contributed by atoms with Crippen molar-refractivity contribution in [1.29, 1.82) is 0 Å². The monoisotopic (exact) mass is 420 g/mol. The van der Waals surface area contributed by atoms with Crippen molar-refractivity contribution in [2.24, 2.45) is 0 Å². The smallest absolute Gasteiger partial charge is 0.224 e. The molecular formula is C21H22F2N2O5. The quantitative estimate of drug-likeness (QED) is 0.603. The van der Waals surface area contributed by atoms with Crippen molar-refractivity contribution < 1.29 is 33.6 Å². The number of benzene rings is 2. The van der Waals surface area contributed by atoms with E-state index in [4.69, 9.17) is 4.74 Å². The summed E-state index contributed by atoms with van der Waals surface area (Å²) in [5, 5.41) is 33.3. The Labute approximate surface area is 171 Å². The zero-order chi connectivity index (χ0) is 21.5. The lowest BCUT2D eigenvalue weighted by molar-refractivity contribution is -0.116. The first-order valence-electron chi connectivity index (χ1n) is 9.65. The molecule has 1 fully saturated rings. The molecule has 0 aliphatic carbocycles. The number of ether oxygens (including phenoxy) is 1. The maximum absolute atomic E-state index is 14.1. The Hall–Kier alpha value is -2.91. The lowest BCUT2D eigenvalue weighted by Gasteiger charge is -2.42. The highest BCUT2D eigenvalue weighted by Crippen LogP contribution is 2.35. The maximum Gasteiger partial charge on any atom is 0.224 e. The molecule has 2 heterocycles. The number of fused-ring (bicyclic) bond motifs is 1. The summed E-state index contributed by atoms with van der Waals surface area (Å²) in [6, 6.07) is 6.36. The van der Waals surface area contributed by atoms with Crippen LogP contribution in [-0.4, -0.2) is 52.6 Å². The predicted octanol–water partition coefficient (Wildman–Crippen LogP) is 1.94. The fraction of sp³-hybridized carbons (Fsp3) is 0.381. The molecule has 2 atom stereocenters. The van der Waals surface area contributed by atoms with E-state index in [1.165, 1.54) is 24.3 Å². The third-order valence-corrected chi connectivity index (χ3v) is 5.66. The predicted molar refractivity (Wildman–Crippen MR) is 105 cm³/mol. The Kier molecular flexibility index (Phi) is 5.25. The maximum atomic E-state index is 14.1. The number of phenols is 1. The summed E-state index contributed by atoms with van der Waals surface area (Å²) in [7, 11) is 0. The van der Waals surface area contributed by atoms with Gasteiger partial charge in [0.25, 0.3) is 0 Å². The Bertz CT molecular complexity index is 986. The number of halogens is 2. The van der Waals surface area contributed by atoms with E-state index >= 15 is 0 Å². The number of carbonyl (C=O) groups excluding carboxylic acids is 1. The number of rotatable bonds is 4. The van der Waals surface area contributed by atoms with Crippen molar-refractivity contribution in [2.75, 3.05) is 29.9 Å². The lowest BCUT2D eigenvalue weighted by Crippen LogP contribution is -2.58. The number of hydrogen-bond donors (Lipinski definition) is 4. The van der Waals surface area contributed by atoms with Crippen LogP contribution >= 0.6 is 0 Å². The highest BCUT2D eigenvalue weighted by molar-refractivity contribution is 5.94. The van der Waals surface area contributed by atoms with Gasteiger partial charge in [-0.1, -0.05) is 0 Å². The number of nitrogens with zero attached hydrogens (tertiary/aromatic N) is 1. The lowest BCUT2D eigenvalue weighted by atomic mass is 9.89. The van der Waals surface area contributed by atoms with E-state index in [0.29, 0.717) is 17.7 Å². The second-order valence-electron chi connectivity index (χ2n) is 7.69. The van der Waals surface area contributed by atoms with Gasteiger partial charge in [-0.05, 0) is 37.1 Å². The molecule has 4 rings (SSSR count). The number of β-amino-alcohol motifs (C(OH)–C–C–N with tert-alkyl or cyclic N) is 1. The summed E-state index contributed by atoms with van der Waals surface area (Å²) in [5.41, 5.74) is -0.772. The van der Waals surface area contributed by atoms with Crippen molar-refractivity contribution in [3.8, 4) is 11.5 Å². The molecule has 1 saturated heterocycles. The topological polar surface area (TPSA) is 102 Å². The van der Waals surface area contributed by atoms with Gasteiger partial charge in [0.15, 0.2) is 0 Å². The second-order valence-corrected chi connectivity index (χ2v) is 7.69. The molecule has 160 valence electrons. The second kappa shape index (κ2) is 7.73. The molecule has 9 heteroatoms. The highest BCUT2D eigenvalue weighted by Gasteiger charge is 2.42. The van der Waals surface area contributed by atoms with E-state index in [0.717, 1.165) is 6.07 Å². The van der Waals surface area contributed by atoms with E-state index in [2.05, 4.69) is 5.32 Å². The van der Waals surface area contributed by atoms with Gasteiger partial charge in [0.05, 0.1) is 11.4 Å². The Balaban J connectivity index is 1.46. The molecule has 0 radical (unpaired) electrons. The van der Waals surface area contributed by atoms with E-state index < -0.39 is 23.3 Å². The molecule has 0 unspecified atom stereocenters. The van der Waals surface area contributed by atoms with Gasteiger partial charge in [0, 0.05) is 31.1 Å². The Morgan fingerprint density at radius 3 is 2.73 bits per heavy atom. The molecule has 4 N–H and O–H groups in total. The van der Waals surface area contributed by atoms with Crippen LogP contribution in [0.2, 0.25) is 0 Å². The minimum absolute atomic E-state index is 0.0286. The summed E-state index contributed by atoms with van der Waals surface area (Å²) in [5.74, 6) is -1.32. The van der Waals surface area contributed by atoms with E-state index in [-0.39, 0.29) is 55.6 Å². The normalized spacial score (nSPS) is 23.7. The molecule has 7 nitrogen and oxygen atoms in total. The van der Waals surface area contributed by atoms with Crippen LogP contribution in [0.4, 0.5) is 20.2 Å². The molecule has 1 amide bonds. The number of phenolic OH excluding ortho intramolecular Hbond substituents is 1. The zero-order valence-corrected chi connectivity index (χ0v) is 16.1. The van der Waals surface area contributed by atoms with Crippen LogP contribution in [0.3, 0.4) is 0 Å². The molecule has 0 spiro atoms. The summed E-state index contributed by atoms with van der Waals surface area (Å²) >= 11 is 0. The number of anilines is 2. The highest BCUT2D eigenvalue weighted by atomic mass is 19.1. The minimum atomic E-state index is -1.58. The fourth-order valence-corrected chi connectivity index (χ4v) is 3.87. The van der Waals surface area contributed by atoms with Gasteiger partial charge in [-0.25, -0.2) is 8.78 Å². The van der Waals surface area contributed by atoms with Crippen molar-refractivity contribution in [2.45, 2.75) is 31.0 Å². The van der Waals surface area contributed by atoms with E-state index in [1.807, 2.05) is 0 Å². The van der Waals surface area contributed by atoms with Gasteiger partial charge in [0.1, 0.15) is 41.4 Å². The largest absolute Gasteiger partial charge is 0.508 e. The van der Waals surface area contributed by atoms with Crippen molar-refractivity contribution in [3.05, 3.63) is 47.5 Å². The van der Waals surface area contributed by atoms with Gasteiger partial charge in [0.2, 0.25) is 5.91 Å². The number of aliphatic hydroxyl groups is 2. The van der Waals surface area contributed by atoms with Crippen LogP contribution in [0.5, 0.6) is 11.5 Å². The number of hydrogen-bond acceptors (Lipinski definition) is 6. The third kappa shape index (κ3) is 3.78. The van der Waals surface area contributed by atoms with Crippen LogP contribution < -0.4 is 15.0 Å². The summed E-state index contributed by atoms with van der Waals surface area (Å²) in [6.07, 6.45) is -0.611. The summed E-state index contributed by atoms with van der Waals surface area (Å²) < 4.78 is 33.9. The fourth-order valence-electron chi connectivity index (χ4n) is 3.87. The molecule has 2 aliphatic heterocycles. The SMILES string of the molecule is O=C1CCc2c(OC[C@]3(O)CCN(c4ccc(O)cc4F)C[C@H]3O)ccc(F)c2N1. The number of amides is 1. The first-order chi connectivity index (χ1) is 14.3. The number of piperidine rings is 1. The standard InChI is InChI=1S/C21H22F2N2O5/c22-14-3-5-17(13-2-6-19(28)24-20(13)14)30-11-21(29)7-8-25(10-18(21)27)16-4-1-12(26)9-15(16)23/h1,3-5,9,18,26-27,29H,2,6-8,10-11H2,(H,24,28)/t18-,21-/m1/s1. The van der Waals surface area contributed by atoms with E-state index in [1.54, 1.807) is 4.90 Å². The molecule has 0 aromatic heterocycles. The van der Waals surface area contributed by atoms with Gasteiger partial charge >= 0.3 is 0 Å². The van der Waals surface area contributed by atoms with Crippen LogP contribution in [0.1, 0.15) is 18.4 Å². The summed E-state index contributed by atoms with van der Waals surface area (Å²) in [6.45, 7) is -0.0125. The number of carbonyl (C=O) groups is 1. The number of aliphatic hydroxyl groups excluding tert-OH is 1. The first kappa shape index (κ1) is 20.4. The summed E-state index contributed by atoms with van der Waals surface area (Å²) in [4.78, 5) is 13.1.